The Morgan fingerprint density at radius 1 is 0.979 bits per heavy atom. The highest BCUT2D eigenvalue weighted by atomic mass is 28.3. The van der Waals surface area contributed by atoms with E-state index < -0.39 is 13.7 Å². The van der Waals surface area contributed by atoms with E-state index >= 15 is 0 Å². The van der Waals surface area contributed by atoms with Gasteiger partial charge in [0.2, 0.25) is 0 Å². The van der Waals surface area contributed by atoms with Gasteiger partial charge >= 0.3 is 12.1 Å². The number of aromatic nitrogens is 3. The number of hydrogen-bond acceptors (Lipinski definition) is 8. The zero-order chi connectivity index (χ0) is 34.1. The van der Waals surface area contributed by atoms with Crippen molar-refractivity contribution in [1.29, 1.82) is 0 Å². The van der Waals surface area contributed by atoms with Gasteiger partial charge in [-0.3, -0.25) is 0 Å². The van der Waals surface area contributed by atoms with E-state index in [9.17, 15) is 9.59 Å². The summed E-state index contributed by atoms with van der Waals surface area (Å²) in [5.41, 5.74) is 3.04. The lowest BCUT2D eigenvalue weighted by atomic mass is 9.89. The van der Waals surface area contributed by atoms with E-state index in [4.69, 9.17) is 19.2 Å². The lowest BCUT2D eigenvalue weighted by Gasteiger charge is -2.35. The number of fused-ring (bicyclic) bond motifs is 2. The number of nitrogens with zero attached hydrogens (tertiary/aromatic N) is 6. The first-order chi connectivity index (χ1) is 22.8. The number of ether oxygens (including phenoxy) is 3. The van der Waals surface area contributed by atoms with Crippen LogP contribution in [0.2, 0.25) is 25.7 Å². The number of urea groups is 1. The van der Waals surface area contributed by atoms with E-state index in [0.717, 1.165) is 59.4 Å². The van der Waals surface area contributed by atoms with Crippen LogP contribution in [0.3, 0.4) is 0 Å². The molecular formula is C35H51N7O5Si. The van der Waals surface area contributed by atoms with Crippen molar-refractivity contribution in [3.63, 3.8) is 0 Å². The van der Waals surface area contributed by atoms with Crippen molar-refractivity contribution in [2.75, 3.05) is 69.3 Å². The van der Waals surface area contributed by atoms with Gasteiger partial charge in [-0.05, 0) is 68.8 Å². The molecule has 3 aromatic rings. The molecule has 3 aliphatic rings. The molecule has 2 atom stereocenters. The Hall–Kier alpha value is -3.68. The monoisotopic (exact) mass is 677 g/mol. The van der Waals surface area contributed by atoms with Gasteiger partial charge in [-0.25, -0.2) is 19.6 Å². The zero-order valence-electron chi connectivity index (χ0n) is 29.3. The highest BCUT2D eigenvalue weighted by molar-refractivity contribution is 6.76. The second-order valence-corrected chi connectivity index (χ2v) is 21.1. The smallest absolute Gasteiger partial charge is 0.410 e. The number of nitrogens with one attached hydrogen (secondary N) is 1. The number of likely N-dealkylation sites (tertiary alicyclic amines) is 2. The van der Waals surface area contributed by atoms with Crippen molar-refractivity contribution in [2.24, 2.45) is 11.8 Å². The molecule has 13 heteroatoms. The summed E-state index contributed by atoms with van der Waals surface area (Å²) in [6.45, 7) is 19.3. The SMILES string of the molecule is CC(C)(C)OC(=O)N1CCC2CN(C(=O)Nc3ccc(-c4cc5c(N6CCOCC6)ncnc5n4COCC[Si](C)(C)C)cc3)CC2C1. The number of carbonyl (C=O) groups excluding carboxylic acids is 2. The van der Waals surface area contributed by atoms with Crippen LogP contribution >= 0.6 is 0 Å². The normalized spacial score (nSPS) is 20.2. The maximum absolute atomic E-state index is 13.4. The third kappa shape index (κ3) is 8.12. The minimum absolute atomic E-state index is 0.115. The molecule has 6 rings (SSSR count). The van der Waals surface area contributed by atoms with E-state index in [1.54, 1.807) is 11.2 Å². The molecule has 0 bridgehead atoms. The number of amides is 3. The Labute approximate surface area is 284 Å². The van der Waals surface area contributed by atoms with Crippen molar-refractivity contribution in [2.45, 2.75) is 65.2 Å². The number of anilines is 2. The highest BCUT2D eigenvalue weighted by Gasteiger charge is 2.41. The Balaban J connectivity index is 1.15. The summed E-state index contributed by atoms with van der Waals surface area (Å²) in [6, 6.07) is 11.1. The van der Waals surface area contributed by atoms with E-state index in [1.807, 2.05) is 49.9 Å². The molecule has 3 fully saturated rings. The van der Waals surface area contributed by atoms with Crippen molar-refractivity contribution in [1.82, 2.24) is 24.3 Å². The highest BCUT2D eigenvalue weighted by Crippen LogP contribution is 2.34. The van der Waals surface area contributed by atoms with Gasteiger partial charge in [0, 0.05) is 59.6 Å². The van der Waals surface area contributed by atoms with Crippen molar-refractivity contribution >= 4 is 42.7 Å². The molecular weight excluding hydrogens is 627 g/mol. The zero-order valence-corrected chi connectivity index (χ0v) is 30.3. The van der Waals surface area contributed by atoms with Gasteiger partial charge in [0.15, 0.2) is 0 Å². The third-order valence-electron chi connectivity index (χ3n) is 9.37. The van der Waals surface area contributed by atoms with Gasteiger partial charge in [0.05, 0.1) is 24.3 Å². The molecule has 0 aliphatic carbocycles. The van der Waals surface area contributed by atoms with Crippen LogP contribution in [0.15, 0.2) is 36.7 Å². The molecule has 260 valence electrons. The minimum atomic E-state index is -1.23. The largest absolute Gasteiger partial charge is 0.444 e. The lowest BCUT2D eigenvalue weighted by molar-refractivity contribution is 0.0139. The summed E-state index contributed by atoms with van der Waals surface area (Å²) >= 11 is 0. The van der Waals surface area contributed by atoms with Crippen LogP contribution in [0, 0.1) is 11.8 Å². The summed E-state index contributed by atoms with van der Waals surface area (Å²) in [5, 5.41) is 4.09. The van der Waals surface area contributed by atoms with Crippen LogP contribution in [0.25, 0.3) is 22.3 Å². The fourth-order valence-corrected chi connectivity index (χ4v) is 7.49. The van der Waals surface area contributed by atoms with Crippen molar-refractivity contribution < 1.29 is 23.8 Å². The van der Waals surface area contributed by atoms with Gasteiger partial charge in [-0.2, -0.15) is 0 Å². The predicted octanol–water partition coefficient (Wildman–Crippen LogP) is 5.97. The quantitative estimate of drug-likeness (QED) is 0.229. The van der Waals surface area contributed by atoms with E-state index in [-0.39, 0.29) is 18.0 Å². The fraction of sp³-hybridized carbons (Fsp3) is 0.600. The predicted molar refractivity (Wildman–Crippen MR) is 190 cm³/mol. The van der Waals surface area contributed by atoms with Gasteiger partial charge in [-0.15, -0.1) is 0 Å². The maximum atomic E-state index is 13.4. The summed E-state index contributed by atoms with van der Waals surface area (Å²) in [7, 11) is -1.23. The molecule has 3 aliphatic heterocycles. The standard InChI is InChI=1S/C35H51N7O5Si/c1-35(2,3)47-34(44)40-12-11-26-20-41(22-27(26)21-40)33(43)38-28-9-7-25(8-10-28)30-19-29-31(39-13-15-45-16-14-39)36-23-37-32(29)42(30)24-46-17-18-48(4,5)6/h7-10,19,23,26-27H,11-18,20-22,24H2,1-6H3,(H,38,43). The number of hydrogen-bond donors (Lipinski definition) is 1. The molecule has 48 heavy (non-hydrogen) atoms. The van der Waals surface area contributed by atoms with Gasteiger partial charge < -0.3 is 38.8 Å². The molecule has 3 amide bonds. The number of carbonyl (C=O) groups is 2. The molecule has 1 N–H and O–H groups in total. The number of rotatable bonds is 8. The molecule has 0 saturated carbocycles. The molecule has 5 heterocycles. The second kappa shape index (κ2) is 14.0. The lowest BCUT2D eigenvalue weighted by Crippen LogP contribution is -2.45. The van der Waals surface area contributed by atoms with Gasteiger partial charge in [-0.1, -0.05) is 31.8 Å². The molecule has 0 radical (unpaired) electrons. The van der Waals surface area contributed by atoms with Crippen molar-refractivity contribution in [3.05, 3.63) is 36.7 Å². The maximum Gasteiger partial charge on any atom is 0.410 e. The third-order valence-corrected chi connectivity index (χ3v) is 11.1. The molecule has 3 saturated heterocycles. The number of benzene rings is 1. The average molecular weight is 678 g/mol. The van der Waals surface area contributed by atoms with Crippen LogP contribution in [-0.4, -0.2) is 109 Å². The van der Waals surface area contributed by atoms with Crippen LogP contribution in [-0.2, 0) is 20.9 Å². The summed E-state index contributed by atoms with van der Waals surface area (Å²) < 4.78 is 19.5. The topological polar surface area (TPSA) is 114 Å². The van der Waals surface area contributed by atoms with Crippen LogP contribution in [0.1, 0.15) is 27.2 Å². The van der Waals surface area contributed by atoms with Crippen LogP contribution < -0.4 is 10.2 Å². The second-order valence-electron chi connectivity index (χ2n) is 15.5. The Bertz CT molecular complexity index is 1590. The Kier molecular flexibility index (Phi) is 10.0. The summed E-state index contributed by atoms with van der Waals surface area (Å²) in [6.07, 6.45) is 2.23. The van der Waals surface area contributed by atoms with Crippen LogP contribution in [0.4, 0.5) is 21.1 Å². The molecule has 2 unspecified atom stereocenters. The van der Waals surface area contributed by atoms with Gasteiger partial charge in [0.1, 0.15) is 30.1 Å². The molecule has 2 aromatic heterocycles. The molecule has 1 aromatic carbocycles. The minimum Gasteiger partial charge on any atom is -0.444 e. The first-order valence-corrected chi connectivity index (χ1v) is 20.9. The van der Waals surface area contributed by atoms with Crippen molar-refractivity contribution in [3.8, 4) is 11.3 Å². The fourth-order valence-electron chi connectivity index (χ4n) is 6.74. The molecule has 0 spiro atoms. The Morgan fingerprint density at radius 3 is 2.40 bits per heavy atom. The van der Waals surface area contributed by atoms with E-state index in [2.05, 4.69) is 45.5 Å². The van der Waals surface area contributed by atoms with E-state index in [1.165, 1.54) is 0 Å². The number of morpholine rings is 1. The Morgan fingerprint density at radius 2 is 1.69 bits per heavy atom. The van der Waals surface area contributed by atoms with Gasteiger partial charge in [0.25, 0.3) is 0 Å². The summed E-state index contributed by atoms with van der Waals surface area (Å²) in [4.78, 5) is 41.3. The first-order valence-electron chi connectivity index (χ1n) is 17.2. The van der Waals surface area contributed by atoms with E-state index in [0.29, 0.717) is 58.6 Å². The summed E-state index contributed by atoms with van der Waals surface area (Å²) in [5.74, 6) is 1.55. The first kappa shape index (κ1) is 34.2. The molecule has 12 nitrogen and oxygen atoms in total. The number of piperidine rings is 1. The average Bonchev–Trinajstić information content (AvgIpc) is 3.64. The van der Waals surface area contributed by atoms with Crippen LogP contribution in [0.5, 0.6) is 0 Å².